The van der Waals surface area contributed by atoms with Gasteiger partial charge in [0.2, 0.25) is 0 Å². The zero-order chi connectivity index (χ0) is 25.7. The molecule has 0 unspecified atom stereocenters. The molecule has 184 valence electrons. The number of sulfonamides is 1. The van der Waals surface area contributed by atoms with Crippen LogP contribution in [0, 0.1) is 0 Å². The number of anilines is 6. The second-order valence-corrected chi connectivity index (χ2v) is 9.63. The monoisotopic (exact) mass is 503 g/mol. The second kappa shape index (κ2) is 10.3. The van der Waals surface area contributed by atoms with Gasteiger partial charge >= 0.3 is 5.97 Å². The standard InChI is InChI=1S/C26H25N5O4S/c27-19-10-12-20(13-11-19)30-25-23(29-16-17-6-2-1-3-7-17)14-18(26(32)33)15-24(25)36(34,35)31-22-9-5-4-8-21(22)28/h1-15,29-31H,16,27-28H2,(H,32,33). The zero-order valence-electron chi connectivity index (χ0n) is 19.1. The summed E-state index contributed by atoms with van der Waals surface area (Å²) < 4.78 is 29.6. The quantitative estimate of drug-likeness (QED) is 0.179. The molecule has 0 heterocycles. The predicted octanol–water partition coefficient (Wildman–Crippen LogP) is 4.71. The number of benzene rings is 4. The highest BCUT2D eigenvalue weighted by molar-refractivity contribution is 7.93. The maximum atomic E-state index is 13.6. The molecule has 0 saturated heterocycles. The Labute approximate surface area is 208 Å². The van der Waals surface area contributed by atoms with Crippen molar-refractivity contribution < 1.29 is 18.3 Å². The number of aromatic carboxylic acids is 1. The van der Waals surface area contributed by atoms with E-state index in [4.69, 9.17) is 11.5 Å². The molecular formula is C26H25N5O4S. The summed E-state index contributed by atoms with van der Waals surface area (Å²) in [6.07, 6.45) is 0. The normalized spacial score (nSPS) is 11.0. The number of para-hydroxylation sites is 2. The zero-order valence-corrected chi connectivity index (χ0v) is 19.9. The van der Waals surface area contributed by atoms with Crippen molar-refractivity contribution in [2.24, 2.45) is 0 Å². The van der Waals surface area contributed by atoms with Crippen molar-refractivity contribution in [3.8, 4) is 0 Å². The van der Waals surface area contributed by atoms with E-state index in [9.17, 15) is 18.3 Å². The highest BCUT2D eigenvalue weighted by Gasteiger charge is 2.25. The lowest BCUT2D eigenvalue weighted by Gasteiger charge is -2.20. The van der Waals surface area contributed by atoms with Gasteiger partial charge in [-0.05, 0) is 54.1 Å². The van der Waals surface area contributed by atoms with Gasteiger partial charge in [-0.3, -0.25) is 4.72 Å². The summed E-state index contributed by atoms with van der Waals surface area (Å²) >= 11 is 0. The van der Waals surface area contributed by atoms with Crippen molar-refractivity contribution in [2.75, 3.05) is 26.8 Å². The molecule has 36 heavy (non-hydrogen) atoms. The number of carboxylic acid groups (broad SMARTS) is 1. The molecule has 4 aromatic carbocycles. The molecule has 4 aromatic rings. The number of carbonyl (C=O) groups is 1. The third-order valence-electron chi connectivity index (χ3n) is 5.35. The van der Waals surface area contributed by atoms with E-state index in [1.54, 1.807) is 42.5 Å². The van der Waals surface area contributed by atoms with Crippen molar-refractivity contribution in [1.82, 2.24) is 0 Å². The molecule has 0 aliphatic heterocycles. The predicted molar refractivity (Wildman–Crippen MR) is 143 cm³/mol. The van der Waals surface area contributed by atoms with Crippen LogP contribution < -0.4 is 26.8 Å². The van der Waals surface area contributed by atoms with Gasteiger partial charge in [-0.25, -0.2) is 13.2 Å². The first kappa shape index (κ1) is 24.4. The minimum Gasteiger partial charge on any atom is -0.478 e. The van der Waals surface area contributed by atoms with Gasteiger partial charge in [0.05, 0.1) is 28.3 Å². The van der Waals surface area contributed by atoms with Crippen molar-refractivity contribution in [3.05, 3.63) is 102 Å². The summed E-state index contributed by atoms with van der Waals surface area (Å²) in [5.41, 5.74) is 14.4. The molecule has 10 heteroatoms. The van der Waals surface area contributed by atoms with E-state index in [0.29, 0.717) is 17.9 Å². The lowest BCUT2D eigenvalue weighted by molar-refractivity contribution is 0.0696. The molecule has 0 aliphatic rings. The van der Waals surface area contributed by atoms with Gasteiger partial charge < -0.3 is 27.2 Å². The lowest BCUT2D eigenvalue weighted by Crippen LogP contribution is -2.18. The Balaban J connectivity index is 1.84. The fourth-order valence-corrected chi connectivity index (χ4v) is 4.81. The van der Waals surface area contributed by atoms with Gasteiger partial charge in [-0.2, -0.15) is 0 Å². The van der Waals surface area contributed by atoms with Crippen LogP contribution in [0.5, 0.6) is 0 Å². The van der Waals surface area contributed by atoms with Gasteiger partial charge in [-0.1, -0.05) is 42.5 Å². The number of nitrogen functional groups attached to an aromatic ring is 2. The Morgan fingerprint density at radius 3 is 2.17 bits per heavy atom. The molecule has 0 atom stereocenters. The average molecular weight is 504 g/mol. The minimum atomic E-state index is -4.28. The summed E-state index contributed by atoms with van der Waals surface area (Å²) in [7, 11) is -4.28. The van der Waals surface area contributed by atoms with E-state index in [1.165, 1.54) is 12.1 Å². The topological polar surface area (TPSA) is 160 Å². The van der Waals surface area contributed by atoms with Gasteiger partial charge in [0.1, 0.15) is 4.90 Å². The highest BCUT2D eigenvalue weighted by Crippen LogP contribution is 2.36. The summed E-state index contributed by atoms with van der Waals surface area (Å²) in [6.45, 7) is 0.332. The van der Waals surface area contributed by atoms with Crippen LogP contribution in [0.1, 0.15) is 15.9 Å². The van der Waals surface area contributed by atoms with Gasteiger partial charge in [-0.15, -0.1) is 0 Å². The van der Waals surface area contributed by atoms with Gasteiger partial charge in [0.25, 0.3) is 10.0 Å². The molecule has 0 radical (unpaired) electrons. The van der Waals surface area contributed by atoms with Crippen molar-refractivity contribution >= 4 is 50.1 Å². The molecule has 0 amide bonds. The summed E-state index contributed by atoms with van der Waals surface area (Å²) in [6, 6.07) is 25.1. The number of nitrogens with two attached hydrogens (primary N) is 2. The van der Waals surface area contributed by atoms with Crippen LogP contribution >= 0.6 is 0 Å². The van der Waals surface area contributed by atoms with Crippen molar-refractivity contribution in [1.29, 1.82) is 0 Å². The van der Waals surface area contributed by atoms with E-state index in [-0.39, 0.29) is 33.2 Å². The van der Waals surface area contributed by atoms with Crippen molar-refractivity contribution in [2.45, 2.75) is 11.4 Å². The van der Waals surface area contributed by atoms with E-state index in [2.05, 4.69) is 15.4 Å². The number of hydrogen-bond acceptors (Lipinski definition) is 7. The molecule has 8 N–H and O–H groups in total. The first-order chi connectivity index (χ1) is 17.2. The van der Waals surface area contributed by atoms with Crippen LogP contribution in [0.4, 0.5) is 34.1 Å². The molecule has 0 bridgehead atoms. The summed E-state index contributed by atoms with van der Waals surface area (Å²) in [5.74, 6) is -1.27. The van der Waals surface area contributed by atoms with Crippen LogP contribution in [0.25, 0.3) is 0 Å². The third-order valence-corrected chi connectivity index (χ3v) is 6.74. The van der Waals surface area contributed by atoms with Crippen LogP contribution in [-0.2, 0) is 16.6 Å². The SMILES string of the molecule is Nc1ccc(Nc2c(NCc3ccccc3)cc(C(=O)O)cc2S(=O)(=O)Nc2ccccc2N)cc1. The Morgan fingerprint density at radius 2 is 1.50 bits per heavy atom. The molecule has 0 spiro atoms. The Hall–Kier alpha value is -4.70. The van der Waals surface area contributed by atoms with E-state index >= 15 is 0 Å². The van der Waals surface area contributed by atoms with Crippen molar-refractivity contribution in [3.63, 3.8) is 0 Å². The first-order valence-electron chi connectivity index (χ1n) is 10.9. The largest absolute Gasteiger partial charge is 0.478 e. The van der Waals surface area contributed by atoms with Crippen LogP contribution in [0.2, 0.25) is 0 Å². The lowest BCUT2D eigenvalue weighted by atomic mass is 10.1. The number of rotatable bonds is 9. The van der Waals surface area contributed by atoms with Gasteiger partial charge in [0, 0.05) is 17.9 Å². The molecule has 0 fully saturated rings. The number of hydrogen-bond donors (Lipinski definition) is 6. The maximum Gasteiger partial charge on any atom is 0.335 e. The highest BCUT2D eigenvalue weighted by atomic mass is 32.2. The fourth-order valence-electron chi connectivity index (χ4n) is 3.51. The Kier molecular flexibility index (Phi) is 6.98. The number of carboxylic acids is 1. The average Bonchev–Trinajstić information content (AvgIpc) is 2.86. The molecule has 4 rings (SSSR count). The minimum absolute atomic E-state index is 0.169. The van der Waals surface area contributed by atoms with Crippen LogP contribution in [0.3, 0.4) is 0 Å². The molecule has 0 saturated carbocycles. The first-order valence-corrected chi connectivity index (χ1v) is 12.4. The van der Waals surface area contributed by atoms with E-state index < -0.39 is 16.0 Å². The smallest absolute Gasteiger partial charge is 0.335 e. The van der Waals surface area contributed by atoms with Crippen LogP contribution in [0.15, 0.2) is 95.9 Å². The maximum absolute atomic E-state index is 13.6. The molecule has 9 nitrogen and oxygen atoms in total. The molecule has 0 aliphatic carbocycles. The number of nitrogens with one attached hydrogen (secondary N) is 3. The fraction of sp³-hybridized carbons (Fsp3) is 0.0385. The Bertz CT molecular complexity index is 1490. The van der Waals surface area contributed by atoms with Crippen LogP contribution in [-0.4, -0.2) is 19.5 Å². The third kappa shape index (κ3) is 5.68. The summed E-state index contributed by atoms with van der Waals surface area (Å²) in [5, 5.41) is 16.0. The van der Waals surface area contributed by atoms with E-state index in [1.807, 2.05) is 30.3 Å². The second-order valence-electron chi connectivity index (χ2n) is 7.98. The molecular weight excluding hydrogens is 478 g/mol. The molecule has 0 aromatic heterocycles. The van der Waals surface area contributed by atoms with E-state index in [0.717, 1.165) is 11.6 Å². The Morgan fingerprint density at radius 1 is 0.833 bits per heavy atom. The van der Waals surface area contributed by atoms with Gasteiger partial charge in [0.15, 0.2) is 0 Å². The summed E-state index contributed by atoms with van der Waals surface area (Å²) in [4.78, 5) is 11.7.